The third-order valence-corrected chi connectivity index (χ3v) is 5.97. The summed E-state index contributed by atoms with van der Waals surface area (Å²) in [6.45, 7) is 14.7. The van der Waals surface area contributed by atoms with E-state index >= 15 is 0 Å². The molecule has 1 N–H and O–H groups in total. The smallest absolute Gasteiger partial charge is 0.408 e. The van der Waals surface area contributed by atoms with Gasteiger partial charge in [0.05, 0.1) is 11.6 Å². The van der Waals surface area contributed by atoms with Crippen molar-refractivity contribution in [3.63, 3.8) is 0 Å². The molecule has 2 aromatic rings. The summed E-state index contributed by atoms with van der Waals surface area (Å²) >= 11 is 0. The first-order valence-corrected chi connectivity index (χ1v) is 11.3. The van der Waals surface area contributed by atoms with Crippen LogP contribution in [0.15, 0.2) is 36.7 Å². The van der Waals surface area contributed by atoms with Gasteiger partial charge in [-0.25, -0.2) is 4.79 Å². The SMILES string of the molecule is CCc1cc2c(cc1C(C)NC(=O)OC(C)(C)C)N(C(=O)c1cccnc1)CCC2(C)C. The van der Waals surface area contributed by atoms with Crippen molar-refractivity contribution in [3.05, 3.63) is 58.9 Å². The molecule has 1 aliphatic rings. The van der Waals surface area contributed by atoms with E-state index in [1.165, 1.54) is 0 Å². The van der Waals surface area contributed by atoms with Crippen molar-refractivity contribution in [1.29, 1.82) is 0 Å². The van der Waals surface area contributed by atoms with Crippen LogP contribution in [0.1, 0.15) is 88.0 Å². The standard InChI is InChI=1S/C26H35N3O3/c1-8-18-14-21-22(15-20(18)17(2)28-24(31)32-25(3,4)5)29(13-11-26(21,6)7)23(30)19-10-9-12-27-16-19/h9-10,12,14-17H,8,11,13H2,1-7H3,(H,28,31). The minimum absolute atomic E-state index is 0.0503. The summed E-state index contributed by atoms with van der Waals surface area (Å²) in [4.78, 5) is 31.7. The zero-order valence-electron chi connectivity index (χ0n) is 20.3. The van der Waals surface area contributed by atoms with E-state index in [-0.39, 0.29) is 17.4 Å². The lowest BCUT2D eigenvalue weighted by Gasteiger charge is -2.40. The maximum atomic E-state index is 13.3. The molecule has 0 fully saturated rings. The lowest BCUT2D eigenvalue weighted by molar-refractivity contribution is 0.0507. The number of aryl methyl sites for hydroxylation is 1. The van der Waals surface area contributed by atoms with Gasteiger partial charge in [-0.3, -0.25) is 9.78 Å². The Morgan fingerprint density at radius 2 is 2.00 bits per heavy atom. The van der Waals surface area contributed by atoms with Crippen LogP contribution in [0, 0.1) is 0 Å². The second-order valence-corrected chi connectivity index (χ2v) is 10.1. The minimum Gasteiger partial charge on any atom is -0.444 e. The van der Waals surface area contributed by atoms with Crippen LogP contribution in [-0.2, 0) is 16.6 Å². The number of carbonyl (C=O) groups is 2. The third kappa shape index (κ3) is 5.12. The van der Waals surface area contributed by atoms with Gasteiger partial charge in [0, 0.05) is 24.6 Å². The van der Waals surface area contributed by atoms with Crippen molar-refractivity contribution in [2.45, 2.75) is 78.4 Å². The predicted octanol–water partition coefficient (Wildman–Crippen LogP) is 5.56. The number of carbonyl (C=O) groups excluding carboxylic acids is 2. The molecular weight excluding hydrogens is 402 g/mol. The summed E-state index contributed by atoms with van der Waals surface area (Å²) in [6.07, 6.45) is 4.53. The van der Waals surface area contributed by atoms with Crippen molar-refractivity contribution in [2.24, 2.45) is 0 Å². The number of aromatic nitrogens is 1. The Hall–Kier alpha value is -2.89. The highest BCUT2D eigenvalue weighted by Crippen LogP contribution is 2.42. The quantitative estimate of drug-likeness (QED) is 0.680. The second-order valence-electron chi connectivity index (χ2n) is 10.1. The Bertz CT molecular complexity index is 993. The number of rotatable bonds is 4. The van der Waals surface area contributed by atoms with Gasteiger partial charge in [0.15, 0.2) is 0 Å². The molecule has 0 bridgehead atoms. The molecule has 172 valence electrons. The van der Waals surface area contributed by atoms with E-state index in [0.717, 1.165) is 35.2 Å². The molecule has 6 nitrogen and oxygen atoms in total. The Morgan fingerprint density at radius 1 is 1.28 bits per heavy atom. The highest BCUT2D eigenvalue weighted by atomic mass is 16.6. The van der Waals surface area contributed by atoms with Crippen LogP contribution in [0.2, 0.25) is 0 Å². The molecular formula is C26H35N3O3. The number of pyridine rings is 1. The van der Waals surface area contributed by atoms with E-state index in [1.54, 1.807) is 24.5 Å². The van der Waals surface area contributed by atoms with Crippen molar-refractivity contribution in [3.8, 4) is 0 Å². The Kier molecular flexibility index (Phi) is 6.63. The summed E-state index contributed by atoms with van der Waals surface area (Å²) in [7, 11) is 0. The molecule has 0 saturated carbocycles. The van der Waals surface area contributed by atoms with Crippen LogP contribution in [0.4, 0.5) is 10.5 Å². The van der Waals surface area contributed by atoms with E-state index in [9.17, 15) is 9.59 Å². The van der Waals surface area contributed by atoms with E-state index in [0.29, 0.717) is 12.1 Å². The number of fused-ring (bicyclic) bond motifs is 1. The average molecular weight is 438 g/mol. The summed E-state index contributed by atoms with van der Waals surface area (Å²) in [6, 6.07) is 7.60. The molecule has 3 rings (SSSR count). The van der Waals surface area contributed by atoms with Crippen LogP contribution >= 0.6 is 0 Å². The summed E-state index contributed by atoms with van der Waals surface area (Å²) in [5, 5.41) is 2.96. The van der Waals surface area contributed by atoms with Crippen LogP contribution in [0.25, 0.3) is 0 Å². The van der Waals surface area contributed by atoms with Crippen LogP contribution in [-0.4, -0.2) is 29.1 Å². The Morgan fingerprint density at radius 3 is 2.59 bits per heavy atom. The Labute approximate surface area is 191 Å². The number of hydrogen-bond donors (Lipinski definition) is 1. The van der Waals surface area contributed by atoms with Crippen LogP contribution < -0.4 is 10.2 Å². The van der Waals surface area contributed by atoms with E-state index in [2.05, 4.69) is 43.2 Å². The predicted molar refractivity (Wildman–Crippen MR) is 127 cm³/mol. The zero-order chi connectivity index (χ0) is 23.7. The number of anilines is 1. The summed E-state index contributed by atoms with van der Waals surface area (Å²) in [5.41, 5.74) is 4.18. The highest BCUT2D eigenvalue weighted by molar-refractivity contribution is 6.06. The molecule has 6 heteroatoms. The molecule has 1 unspecified atom stereocenters. The minimum atomic E-state index is -0.565. The monoisotopic (exact) mass is 437 g/mol. The second kappa shape index (κ2) is 8.93. The summed E-state index contributed by atoms with van der Waals surface area (Å²) < 4.78 is 5.44. The fourth-order valence-corrected chi connectivity index (χ4v) is 4.19. The zero-order valence-corrected chi connectivity index (χ0v) is 20.3. The molecule has 0 aliphatic carbocycles. The number of ether oxygens (including phenoxy) is 1. The first-order chi connectivity index (χ1) is 14.9. The van der Waals surface area contributed by atoms with Gasteiger partial charge in [-0.15, -0.1) is 0 Å². The van der Waals surface area contributed by atoms with Gasteiger partial charge in [0.1, 0.15) is 5.60 Å². The third-order valence-electron chi connectivity index (χ3n) is 5.97. The molecule has 1 atom stereocenters. The van der Waals surface area contributed by atoms with Gasteiger partial charge in [-0.05, 0) is 80.8 Å². The van der Waals surface area contributed by atoms with E-state index < -0.39 is 11.7 Å². The maximum Gasteiger partial charge on any atom is 0.408 e. The number of alkyl carbamates (subject to hydrolysis) is 1. The van der Waals surface area contributed by atoms with Crippen molar-refractivity contribution < 1.29 is 14.3 Å². The topological polar surface area (TPSA) is 71.5 Å². The number of benzene rings is 1. The molecule has 32 heavy (non-hydrogen) atoms. The first kappa shape index (κ1) is 23.8. The van der Waals surface area contributed by atoms with Crippen molar-refractivity contribution in [1.82, 2.24) is 10.3 Å². The molecule has 1 aromatic heterocycles. The lowest BCUT2D eigenvalue weighted by Crippen LogP contribution is -2.41. The molecule has 2 amide bonds. The van der Waals surface area contributed by atoms with Gasteiger partial charge in [-0.2, -0.15) is 0 Å². The van der Waals surface area contributed by atoms with Gasteiger partial charge < -0.3 is 15.0 Å². The van der Waals surface area contributed by atoms with Gasteiger partial charge in [0.2, 0.25) is 0 Å². The van der Waals surface area contributed by atoms with Crippen molar-refractivity contribution >= 4 is 17.7 Å². The number of nitrogens with zero attached hydrogens (tertiary/aromatic N) is 2. The van der Waals surface area contributed by atoms with Crippen molar-refractivity contribution in [2.75, 3.05) is 11.4 Å². The molecule has 1 aliphatic heterocycles. The lowest BCUT2D eigenvalue weighted by atomic mass is 9.75. The normalized spacial score (nSPS) is 16.2. The fraction of sp³-hybridized carbons (Fsp3) is 0.500. The molecule has 1 aromatic carbocycles. The molecule has 2 heterocycles. The molecule has 0 spiro atoms. The summed E-state index contributed by atoms with van der Waals surface area (Å²) in [5.74, 6) is -0.0576. The highest BCUT2D eigenvalue weighted by Gasteiger charge is 2.35. The fourth-order valence-electron chi connectivity index (χ4n) is 4.19. The number of nitrogens with one attached hydrogen (secondary N) is 1. The van der Waals surface area contributed by atoms with E-state index in [4.69, 9.17) is 4.74 Å². The number of hydrogen-bond acceptors (Lipinski definition) is 4. The van der Waals surface area contributed by atoms with Gasteiger partial charge in [0.25, 0.3) is 5.91 Å². The Balaban J connectivity index is 2.02. The van der Waals surface area contributed by atoms with Crippen LogP contribution in [0.5, 0.6) is 0 Å². The average Bonchev–Trinajstić information content (AvgIpc) is 2.71. The molecule has 0 radical (unpaired) electrons. The number of amides is 2. The van der Waals surface area contributed by atoms with E-state index in [1.807, 2.05) is 32.6 Å². The first-order valence-electron chi connectivity index (χ1n) is 11.3. The molecule has 0 saturated heterocycles. The van der Waals surface area contributed by atoms with Gasteiger partial charge >= 0.3 is 6.09 Å². The van der Waals surface area contributed by atoms with Gasteiger partial charge in [-0.1, -0.05) is 26.8 Å². The van der Waals surface area contributed by atoms with Crippen LogP contribution in [0.3, 0.4) is 0 Å². The maximum absolute atomic E-state index is 13.3. The largest absolute Gasteiger partial charge is 0.444 e.